The zero-order chi connectivity index (χ0) is 11.7. The minimum Gasteiger partial charge on any atom is -0.337 e. The van der Waals surface area contributed by atoms with Gasteiger partial charge in [0.15, 0.2) is 0 Å². The van der Waals surface area contributed by atoms with Gasteiger partial charge in [0.1, 0.15) is 5.69 Å². The van der Waals surface area contributed by atoms with Crippen molar-refractivity contribution in [1.29, 1.82) is 0 Å². The molecule has 1 aromatic rings. The second-order valence-electron chi connectivity index (χ2n) is 5.09. The lowest BCUT2D eigenvalue weighted by atomic mass is 9.78. The molecule has 1 aromatic heterocycles. The maximum absolute atomic E-state index is 12.1. The van der Waals surface area contributed by atoms with Crippen molar-refractivity contribution in [3.63, 3.8) is 0 Å². The van der Waals surface area contributed by atoms with E-state index in [4.69, 9.17) is 0 Å². The summed E-state index contributed by atoms with van der Waals surface area (Å²) in [5.41, 5.74) is 2.80. The van der Waals surface area contributed by atoms with Crippen molar-refractivity contribution in [3.05, 3.63) is 16.6 Å². The predicted molar refractivity (Wildman–Crippen MR) is 81.7 cm³/mol. The average Bonchev–Trinajstić information content (AvgIpc) is 3.01. The van der Waals surface area contributed by atoms with Crippen LogP contribution in [0, 0.1) is 5.41 Å². The average molecular weight is 324 g/mol. The summed E-state index contributed by atoms with van der Waals surface area (Å²) in [5, 5.41) is 5.28. The van der Waals surface area contributed by atoms with Gasteiger partial charge in [-0.05, 0) is 31.2 Å². The van der Waals surface area contributed by atoms with Gasteiger partial charge in [-0.1, -0.05) is 0 Å². The Kier molecular flexibility index (Phi) is 6.05. The Balaban J connectivity index is 0.000000902. The molecule has 7 heteroatoms. The quantitative estimate of drug-likeness (QED) is 0.861. The molecule has 3 heterocycles. The lowest BCUT2D eigenvalue weighted by molar-refractivity contribution is 0.0603. The van der Waals surface area contributed by atoms with E-state index in [2.05, 4.69) is 10.3 Å². The topological polar surface area (TPSA) is 45.2 Å². The first-order valence-electron chi connectivity index (χ1n) is 6.17. The monoisotopic (exact) mass is 323 g/mol. The van der Waals surface area contributed by atoms with Gasteiger partial charge in [0.25, 0.3) is 5.91 Å². The fourth-order valence-electron chi connectivity index (χ4n) is 2.89. The molecule has 2 saturated heterocycles. The first-order chi connectivity index (χ1) is 8.29. The van der Waals surface area contributed by atoms with E-state index < -0.39 is 0 Å². The summed E-state index contributed by atoms with van der Waals surface area (Å²) in [5.74, 6) is 0.104. The molecule has 2 aliphatic heterocycles. The van der Waals surface area contributed by atoms with Crippen molar-refractivity contribution in [2.75, 3.05) is 26.2 Å². The molecule has 0 unspecified atom stereocenters. The number of halogens is 2. The summed E-state index contributed by atoms with van der Waals surface area (Å²) in [6.07, 6.45) is 3.54. The molecule has 0 aromatic carbocycles. The Hall–Kier alpha value is -0.360. The van der Waals surface area contributed by atoms with Crippen molar-refractivity contribution in [2.45, 2.75) is 19.3 Å². The second kappa shape index (κ2) is 6.88. The second-order valence-corrected chi connectivity index (χ2v) is 5.81. The number of thiazole rings is 1. The number of nitrogens with one attached hydrogen (secondary N) is 1. The molecule has 19 heavy (non-hydrogen) atoms. The van der Waals surface area contributed by atoms with Gasteiger partial charge in [-0.3, -0.25) is 4.79 Å². The number of amides is 1. The van der Waals surface area contributed by atoms with Crippen LogP contribution in [-0.4, -0.2) is 42.0 Å². The number of rotatable bonds is 1. The van der Waals surface area contributed by atoms with Crippen LogP contribution in [0.4, 0.5) is 0 Å². The fraction of sp³-hybridized carbons (Fsp3) is 0.667. The summed E-state index contributed by atoms with van der Waals surface area (Å²) in [4.78, 5) is 18.2. The standard InChI is InChI=1S/C12H17N3OS.2ClH/c16-11(10-7-17-9-14-10)15-5-2-12(3-6-15)1-4-13-8-12;;/h7,9,13H,1-6,8H2;2*1H. The zero-order valence-corrected chi connectivity index (χ0v) is 13.1. The lowest BCUT2D eigenvalue weighted by Crippen LogP contribution is -2.44. The van der Waals surface area contributed by atoms with Crippen LogP contribution >= 0.6 is 36.2 Å². The smallest absolute Gasteiger partial charge is 0.273 e. The van der Waals surface area contributed by atoms with E-state index in [0.717, 1.165) is 39.0 Å². The van der Waals surface area contributed by atoms with Crippen molar-refractivity contribution in [2.24, 2.45) is 5.41 Å². The molecule has 2 aliphatic rings. The third-order valence-electron chi connectivity index (χ3n) is 4.09. The van der Waals surface area contributed by atoms with Crippen LogP contribution in [0.25, 0.3) is 0 Å². The van der Waals surface area contributed by atoms with E-state index in [0.29, 0.717) is 11.1 Å². The van der Waals surface area contributed by atoms with Gasteiger partial charge in [-0.2, -0.15) is 0 Å². The van der Waals surface area contributed by atoms with Crippen LogP contribution in [0.2, 0.25) is 0 Å². The van der Waals surface area contributed by atoms with Crippen molar-refractivity contribution >= 4 is 42.1 Å². The SMILES string of the molecule is Cl.Cl.O=C(c1cscn1)N1CCC2(CCNC2)CC1. The summed E-state index contributed by atoms with van der Waals surface area (Å²) in [7, 11) is 0. The molecule has 0 bridgehead atoms. The maximum Gasteiger partial charge on any atom is 0.273 e. The van der Waals surface area contributed by atoms with Crippen LogP contribution < -0.4 is 5.32 Å². The first kappa shape index (κ1) is 16.7. The first-order valence-corrected chi connectivity index (χ1v) is 7.12. The minimum atomic E-state index is 0. The predicted octanol–water partition coefficient (Wildman–Crippen LogP) is 2.20. The molecule has 0 atom stereocenters. The molecule has 3 rings (SSSR count). The molecule has 1 N–H and O–H groups in total. The van der Waals surface area contributed by atoms with Gasteiger partial charge >= 0.3 is 0 Å². The highest BCUT2D eigenvalue weighted by molar-refractivity contribution is 7.07. The number of piperidine rings is 1. The molecule has 0 aliphatic carbocycles. The molecule has 4 nitrogen and oxygen atoms in total. The molecular formula is C12H19Cl2N3OS. The van der Waals surface area contributed by atoms with Crippen molar-refractivity contribution < 1.29 is 4.79 Å². The number of hydrogen-bond acceptors (Lipinski definition) is 4. The Labute approximate surface area is 129 Å². The summed E-state index contributed by atoms with van der Waals surface area (Å²) in [6.45, 7) is 4.04. The highest BCUT2D eigenvalue weighted by atomic mass is 35.5. The van der Waals surface area contributed by atoms with Gasteiger partial charge in [0, 0.05) is 25.0 Å². The maximum atomic E-state index is 12.1. The Bertz CT molecular complexity index is 397. The number of likely N-dealkylation sites (tertiary alicyclic amines) is 1. The summed E-state index contributed by atoms with van der Waals surface area (Å²) >= 11 is 1.48. The third kappa shape index (κ3) is 3.40. The third-order valence-corrected chi connectivity index (χ3v) is 4.68. The lowest BCUT2D eigenvalue weighted by Gasteiger charge is -2.38. The molecule has 108 valence electrons. The van der Waals surface area contributed by atoms with Crippen molar-refractivity contribution in [3.8, 4) is 0 Å². The highest BCUT2D eigenvalue weighted by Gasteiger charge is 2.38. The number of aromatic nitrogens is 1. The van der Waals surface area contributed by atoms with Gasteiger partial charge in [-0.15, -0.1) is 36.2 Å². The minimum absolute atomic E-state index is 0. The van der Waals surface area contributed by atoms with E-state index in [9.17, 15) is 4.79 Å². The summed E-state index contributed by atoms with van der Waals surface area (Å²) < 4.78 is 0. The summed E-state index contributed by atoms with van der Waals surface area (Å²) in [6, 6.07) is 0. The van der Waals surface area contributed by atoms with Crippen molar-refractivity contribution in [1.82, 2.24) is 15.2 Å². The normalized spacial score (nSPS) is 20.7. The Morgan fingerprint density at radius 1 is 1.32 bits per heavy atom. The number of hydrogen-bond donors (Lipinski definition) is 1. The van der Waals surface area contributed by atoms with E-state index in [1.165, 1.54) is 17.8 Å². The van der Waals surface area contributed by atoms with E-state index >= 15 is 0 Å². The molecular weight excluding hydrogens is 305 g/mol. The van der Waals surface area contributed by atoms with Gasteiger partial charge < -0.3 is 10.2 Å². The van der Waals surface area contributed by atoms with Gasteiger partial charge in [0.05, 0.1) is 5.51 Å². The number of nitrogens with zero attached hydrogens (tertiary/aromatic N) is 2. The fourth-order valence-corrected chi connectivity index (χ4v) is 3.41. The van der Waals surface area contributed by atoms with Crippen LogP contribution in [0.1, 0.15) is 29.8 Å². The zero-order valence-electron chi connectivity index (χ0n) is 10.6. The Morgan fingerprint density at radius 3 is 2.58 bits per heavy atom. The van der Waals surface area contributed by atoms with E-state index in [-0.39, 0.29) is 30.7 Å². The molecule has 0 radical (unpaired) electrons. The molecule has 2 fully saturated rings. The van der Waals surface area contributed by atoms with Gasteiger partial charge in [-0.25, -0.2) is 4.98 Å². The van der Waals surface area contributed by atoms with Crippen LogP contribution in [-0.2, 0) is 0 Å². The number of carbonyl (C=O) groups is 1. The van der Waals surface area contributed by atoms with E-state index in [1.807, 2.05) is 10.3 Å². The van der Waals surface area contributed by atoms with Crippen LogP contribution in [0.5, 0.6) is 0 Å². The number of carbonyl (C=O) groups excluding carboxylic acids is 1. The van der Waals surface area contributed by atoms with E-state index in [1.54, 1.807) is 5.51 Å². The Morgan fingerprint density at radius 2 is 2.05 bits per heavy atom. The largest absolute Gasteiger partial charge is 0.337 e. The molecule has 1 spiro atoms. The van der Waals surface area contributed by atoms with Crippen LogP contribution in [0.3, 0.4) is 0 Å². The molecule has 1 amide bonds. The van der Waals surface area contributed by atoms with Crippen LogP contribution in [0.15, 0.2) is 10.9 Å². The van der Waals surface area contributed by atoms with Gasteiger partial charge in [0.2, 0.25) is 0 Å². The molecule has 0 saturated carbocycles. The highest BCUT2D eigenvalue weighted by Crippen LogP contribution is 2.37.